The number of benzene rings is 1. The van der Waals surface area contributed by atoms with E-state index in [0.29, 0.717) is 5.56 Å². The number of hydrogen-bond acceptors (Lipinski definition) is 3. The van der Waals surface area contributed by atoms with Gasteiger partial charge in [0.15, 0.2) is 5.78 Å². The number of hydrogen-bond donors (Lipinski definition) is 0. The molecule has 0 aliphatic carbocycles. The van der Waals surface area contributed by atoms with Crippen LogP contribution in [0.25, 0.3) is 10.2 Å². The van der Waals surface area contributed by atoms with Gasteiger partial charge in [-0.3, -0.25) is 9.59 Å². The number of carbonyl (C=O) groups excluding carboxylic acids is 1. The maximum atomic E-state index is 11.3. The van der Waals surface area contributed by atoms with Gasteiger partial charge in [0.1, 0.15) is 0 Å². The standard InChI is InChI=1S/C10H9NO2S/c1-6(12)7-3-4-9-8(5-7)11(2)10(13)14-9/h3-5H,1-2H3. The summed E-state index contributed by atoms with van der Waals surface area (Å²) in [6.45, 7) is 1.52. The zero-order valence-electron chi connectivity index (χ0n) is 7.90. The van der Waals surface area contributed by atoms with E-state index in [2.05, 4.69) is 0 Å². The third-order valence-corrected chi connectivity index (χ3v) is 3.21. The normalized spacial score (nSPS) is 10.7. The van der Waals surface area contributed by atoms with Crippen molar-refractivity contribution in [1.82, 2.24) is 4.57 Å². The SMILES string of the molecule is CC(=O)c1ccc2sc(=O)n(C)c2c1. The summed E-state index contributed by atoms with van der Waals surface area (Å²) in [5, 5.41) is 0. The van der Waals surface area contributed by atoms with Crippen molar-refractivity contribution in [2.75, 3.05) is 0 Å². The Hall–Kier alpha value is -1.42. The van der Waals surface area contributed by atoms with Crippen LogP contribution in [0.15, 0.2) is 23.0 Å². The van der Waals surface area contributed by atoms with E-state index in [1.165, 1.54) is 18.3 Å². The largest absolute Gasteiger partial charge is 0.307 e. The average Bonchev–Trinajstić information content (AvgIpc) is 2.43. The van der Waals surface area contributed by atoms with Crippen molar-refractivity contribution in [2.24, 2.45) is 7.05 Å². The van der Waals surface area contributed by atoms with Crippen molar-refractivity contribution in [3.05, 3.63) is 33.4 Å². The molecule has 1 aromatic carbocycles. The van der Waals surface area contributed by atoms with Crippen molar-refractivity contribution in [1.29, 1.82) is 0 Å². The van der Waals surface area contributed by atoms with Crippen molar-refractivity contribution >= 4 is 27.3 Å². The van der Waals surface area contributed by atoms with Crippen LogP contribution in [0.4, 0.5) is 0 Å². The van der Waals surface area contributed by atoms with Crippen LogP contribution >= 0.6 is 11.3 Å². The van der Waals surface area contributed by atoms with E-state index in [-0.39, 0.29) is 10.7 Å². The lowest BCUT2D eigenvalue weighted by Crippen LogP contribution is -2.06. The second-order valence-corrected chi connectivity index (χ2v) is 4.16. The number of fused-ring (bicyclic) bond motifs is 1. The van der Waals surface area contributed by atoms with Gasteiger partial charge in [0.25, 0.3) is 0 Å². The fraction of sp³-hybridized carbons (Fsp3) is 0.200. The Kier molecular flexibility index (Phi) is 2.00. The predicted octanol–water partition coefficient (Wildman–Crippen LogP) is 1.80. The summed E-state index contributed by atoms with van der Waals surface area (Å²) < 4.78 is 2.48. The Balaban J connectivity index is 2.82. The Labute approximate surface area is 84.6 Å². The lowest BCUT2D eigenvalue weighted by Gasteiger charge is -1.97. The second kappa shape index (κ2) is 3.06. The number of rotatable bonds is 1. The first kappa shape index (κ1) is 9.15. The molecule has 0 bridgehead atoms. The summed E-state index contributed by atoms with van der Waals surface area (Å²) in [6.07, 6.45) is 0. The fourth-order valence-corrected chi connectivity index (χ4v) is 2.21. The van der Waals surface area contributed by atoms with Crippen molar-refractivity contribution < 1.29 is 4.79 Å². The zero-order chi connectivity index (χ0) is 10.3. The number of nitrogens with zero attached hydrogens (tertiary/aromatic N) is 1. The van der Waals surface area contributed by atoms with Crippen molar-refractivity contribution in [3.8, 4) is 0 Å². The Morgan fingerprint density at radius 3 is 2.79 bits per heavy atom. The lowest BCUT2D eigenvalue weighted by molar-refractivity contribution is 0.101. The van der Waals surface area contributed by atoms with Crippen LogP contribution in [0, 0.1) is 0 Å². The second-order valence-electron chi connectivity index (χ2n) is 3.17. The Morgan fingerprint density at radius 2 is 2.14 bits per heavy atom. The molecule has 0 amide bonds. The van der Waals surface area contributed by atoms with Gasteiger partial charge >= 0.3 is 4.87 Å². The summed E-state index contributed by atoms with van der Waals surface area (Å²) in [7, 11) is 1.71. The summed E-state index contributed by atoms with van der Waals surface area (Å²) in [5.41, 5.74) is 1.47. The van der Waals surface area contributed by atoms with Gasteiger partial charge in [-0.1, -0.05) is 11.3 Å². The van der Waals surface area contributed by atoms with E-state index >= 15 is 0 Å². The molecule has 1 aromatic heterocycles. The van der Waals surface area contributed by atoms with Gasteiger partial charge in [0.2, 0.25) is 0 Å². The number of aryl methyl sites for hydroxylation is 1. The minimum Gasteiger partial charge on any atom is -0.302 e. The van der Waals surface area contributed by atoms with Crippen LogP contribution in [0.3, 0.4) is 0 Å². The Morgan fingerprint density at radius 1 is 1.43 bits per heavy atom. The van der Waals surface area contributed by atoms with Gasteiger partial charge in [-0.2, -0.15) is 0 Å². The minimum atomic E-state index is 0.000650. The molecule has 0 atom stereocenters. The van der Waals surface area contributed by atoms with Crippen LogP contribution < -0.4 is 4.87 Å². The highest BCUT2D eigenvalue weighted by atomic mass is 32.1. The molecule has 0 unspecified atom stereocenters. The highest BCUT2D eigenvalue weighted by Crippen LogP contribution is 2.18. The van der Waals surface area contributed by atoms with E-state index < -0.39 is 0 Å². The Bertz CT molecular complexity index is 565. The third-order valence-electron chi connectivity index (χ3n) is 2.20. The molecular formula is C10H9NO2S. The number of aromatic nitrogens is 1. The van der Waals surface area contributed by atoms with Crippen LogP contribution in [0.1, 0.15) is 17.3 Å². The molecule has 72 valence electrons. The minimum absolute atomic E-state index is 0.000650. The molecule has 0 saturated heterocycles. The van der Waals surface area contributed by atoms with E-state index in [1.54, 1.807) is 23.7 Å². The number of carbonyl (C=O) groups is 1. The zero-order valence-corrected chi connectivity index (χ0v) is 8.72. The summed E-state index contributed by atoms with van der Waals surface area (Å²) in [6, 6.07) is 5.33. The first-order chi connectivity index (χ1) is 6.59. The van der Waals surface area contributed by atoms with Gasteiger partial charge < -0.3 is 4.57 Å². The van der Waals surface area contributed by atoms with Gasteiger partial charge in [-0.05, 0) is 25.1 Å². The summed E-state index contributed by atoms with van der Waals surface area (Å²) in [4.78, 5) is 22.4. The van der Waals surface area contributed by atoms with Gasteiger partial charge in [-0.25, -0.2) is 0 Å². The van der Waals surface area contributed by atoms with Gasteiger partial charge in [0, 0.05) is 12.6 Å². The molecule has 0 saturated carbocycles. The van der Waals surface area contributed by atoms with Crippen molar-refractivity contribution in [2.45, 2.75) is 6.92 Å². The molecule has 0 aliphatic heterocycles. The van der Waals surface area contributed by atoms with E-state index in [0.717, 1.165) is 10.2 Å². The molecule has 3 nitrogen and oxygen atoms in total. The van der Waals surface area contributed by atoms with E-state index in [1.807, 2.05) is 6.07 Å². The maximum Gasteiger partial charge on any atom is 0.307 e. The number of ketones is 1. The molecule has 14 heavy (non-hydrogen) atoms. The van der Waals surface area contributed by atoms with Crippen LogP contribution in [-0.4, -0.2) is 10.4 Å². The maximum absolute atomic E-state index is 11.3. The molecule has 0 radical (unpaired) electrons. The molecule has 2 rings (SSSR count). The fourth-order valence-electron chi connectivity index (χ4n) is 1.35. The summed E-state index contributed by atoms with van der Waals surface area (Å²) >= 11 is 1.20. The monoisotopic (exact) mass is 207 g/mol. The summed E-state index contributed by atoms with van der Waals surface area (Å²) in [5.74, 6) is 0.0190. The first-order valence-electron chi connectivity index (χ1n) is 4.20. The topological polar surface area (TPSA) is 39.1 Å². The van der Waals surface area contributed by atoms with Crippen LogP contribution in [0.2, 0.25) is 0 Å². The van der Waals surface area contributed by atoms with E-state index in [9.17, 15) is 9.59 Å². The average molecular weight is 207 g/mol. The highest BCUT2D eigenvalue weighted by Gasteiger charge is 2.06. The molecule has 0 N–H and O–H groups in total. The molecule has 2 aromatic rings. The smallest absolute Gasteiger partial charge is 0.302 e. The quantitative estimate of drug-likeness (QED) is 0.669. The molecule has 0 spiro atoms. The molecule has 4 heteroatoms. The van der Waals surface area contributed by atoms with Crippen molar-refractivity contribution in [3.63, 3.8) is 0 Å². The molecule has 1 heterocycles. The predicted molar refractivity (Wildman–Crippen MR) is 57.1 cm³/mol. The first-order valence-corrected chi connectivity index (χ1v) is 5.02. The lowest BCUT2D eigenvalue weighted by atomic mass is 10.1. The van der Waals surface area contributed by atoms with E-state index in [4.69, 9.17) is 0 Å². The number of thiazole rings is 1. The molecule has 0 fully saturated rings. The molecule has 0 aliphatic rings. The third kappa shape index (κ3) is 1.28. The van der Waals surface area contributed by atoms with Gasteiger partial charge in [-0.15, -0.1) is 0 Å². The van der Waals surface area contributed by atoms with Crippen LogP contribution in [0.5, 0.6) is 0 Å². The molecular weight excluding hydrogens is 198 g/mol. The highest BCUT2D eigenvalue weighted by molar-refractivity contribution is 7.16. The van der Waals surface area contributed by atoms with Crippen LogP contribution in [-0.2, 0) is 7.05 Å². The number of Topliss-reactive ketones (excluding diaryl/α,β-unsaturated/α-hetero) is 1. The van der Waals surface area contributed by atoms with Gasteiger partial charge in [0.05, 0.1) is 10.2 Å².